The summed E-state index contributed by atoms with van der Waals surface area (Å²) in [5, 5.41) is 0. The highest BCUT2D eigenvalue weighted by molar-refractivity contribution is 5.89. The van der Waals surface area contributed by atoms with Crippen molar-refractivity contribution in [3.05, 3.63) is 53.5 Å². The maximum absolute atomic E-state index is 13.5. The van der Waals surface area contributed by atoms with E-state index in [-0.39, 0.29) is 11.8 Å². The Morgan fingerprint density at radius 3 is 2.59 bits per heavy atom. The fourth-order valence-electron chi connectivity index (χ4n) is 3.15. The van der Waals surface area contributed by atoms with E-state index in [1.165, 1.54) is 12.1 Å². The van der Waals surface area contributed by atoms with E-state index in [0.717, 1.165) is 37.6 Å². The normalized spacial score (nSPS) is 14.9. The number of hydrogen-bond acceptors (Lipinski definition) is 6. The van der Waals surface area contributed by atoms with Crippen LogP contribution in [0, 0.1) is 5.82 Å². The van der Waals surface area contributed by atoms with Crippen LogP contribution in [0.4, 0.5) is 10.2 Å². The smallest absolute Gasteiger partial charge is 0.339 e. The molecular weight excluding hydrogens is 349 g/mol. The zero-order chi connectivity index (χ0) is 19.2. The van der Waals surface area contributed by atoms with E-state index in [1.54, 1.807) is 32.4 Å². The molecule has 2 heterocycles. The van der Waals surface area contributed by atoms with Gasteiger partial charge in [0.25, 0.3) is 0 Å². The number of methoxy groups -OCH3 is 1. The van der Waals surface area contributed by atoms with E-state index in [2.05, 4.69) is 14.8 Å². The lowest BCUT2D eigenvalue weighted by atomic mass is 10.1. The van der Waals surface area contributed by atoms with Gasteiger partial charge >= 0.3 is 5.97 Å². The first-order valence-electron chi connectivity index (χ1n) is 9.03. The molecule has 0 saturated carbocycles. The van der Waals surface area contributed by atoms with Crippen LogP contribution < -0.4 is 9.64 Å². The lowest BCUT2D eigenvalue weighted by Gasteiger charge is -2.35. The summed E-state index contributed by atoms with van der Waals surface area (Å²) in [5.74, 6) is 0.932. The van der Waals surface area contributed by atoms with Crippen LogP contribution in [0.3, 0.4) is 0 Å². The third-order valence-electron chi connectivity index (χ3n) is 4.59. The van der Waals surface area contributed by atoms with Gasteiger partial charge in [0.2, 0.25) is 0 Å². The third-order valence-corrected chi connectivity index (χ3v) is 4.59. The molecule has 7 heteroatoms. The molecule has 0 atom stereocenters. The lowest BCUT2D eigenvalue weighted by molar-refractivity contribution is 0.0526. The van der Waals surface area contributed by atoms with Gasteiger partial charge in [-0.1, -0.05) is 0 Å². The van der Waals surface area contributed by atoms with Crippen LogP contribution in [0.2, 0.25) is 0 Å². The van der Waals surface area contributed by atoms with E-state index in [9.17, 15) is 9.18 Å². The van der Waals surface area contributed by atoms with Crippen molar-refractivity contribution in [1.29, 1.82) is 0 Å². The summed E-state index contributed by atoms with van der Waals surface area (Å²) in [4.78, 5) is 20.5. The first-order valence-corrected chi connectivity index (χ1v) is 9.03. The summed E-state index contributed by atoms with van der Waals surface area (Å²) < 4.78 is 23.8. The molecule has 0 radical (unpaired) electrons. The topological polar surface area (TPSA) is 54.9 Å². The Labute approximate surface area is 158 Å². The molecule has 27 heavy (non-hydrogen) atoms. The van der Waals surface area contributed by atoms with Crippen LogP contribution in [0.25, 0.3) is 0 Å². The Kier molecular flexibility index (Phi) is 6.24. The van der Waals surface area contributed by atoms with Crippen molar-refractivity contribution < 1.29 is 18.7 Å². The average molecular weight is 373 g/mol. The quantitative estimate of drug-likeness (QED) is 0.726. The number of ether oxygens (including phenoxy) is 2. The average Bonchev–Trinajstić information content (AvgIpc) is 2.69. The van der Waals surface area contributed by atoms with Crippen molar-refractivity contribution >= 4 is 11.8 Å². The molecular formula is C20H24FN3O3. The number of pyridine rings is 1. The molecule has 0 spiro atoms. The molecule has 0 bridgehead atoms. The van der Waals surface area contributed by atoms with Crippen LogP contribution in [0.5, 0.6) is 5.75 Å². The van der Waals surface area contributed by atoms with Gasteiger partial charge in [-0.3, -0.25) is 4.90 Å². The molecule has 1 fully saturated rings. The first kappa shape index (κ1) is 19.1. The number of aromatic nitrogens is 1. The van der Waals surface area contributed by atoms with Crippen molar-refractivity contribution in [2.24, 2.45) is 0 Å². The molecule has 0 unspecified atom stereocenters. The summed E-state index contributed by atoms with van der Waals surface area (Å²) in [6.45, 7) is 6.05. The summed E-state index contributed by atoms with van der Waals surface area (Å²) in [6.07, 6.45) is 1.55. The molecule has 1 aliphatic rings. The summed E-state index contributed by atoms with van der Waals surface area (Å²) in [7, 11) is 1.60. The molecule has 0 N–H and O–H groups in total. The highest BCUT2D eigenvalue weighted by Crippen LogP contribution is 2.22. The number of esters is 1. The molecule has 6 nitrogen and oxygen atoms in total. The number of carbonyl (C=O) groups is 1. The second-order valence-electron chi connectivity index (χ2n) is 6.34. The number of rotatable bonds is 6. The minimum absolute atomic E-state index is 0.254. The fraction of sp³-hybridized carbons (Fsp3) is 0.400. The predicted octanol–water partition coefficient (Wildman–Crippen LogP) is 2.73. The van der Waals surface area contributed by atoms with Crippen LogP contribution in [0.1, 0.15) is 22.8 Å². The van der Waals surface area contributed by atoms with E-state index in [4.69, 9.17) is 9.47 Å². The standard InChI is InChI=1S/C20H24FN3O3/c1-3-27-20(25)15-4-7-19(22-13-15)24-10-8-23(9-11-24)14-16-12-17(21)5-6-18(16)26-2/h4-7,12-13H,3,8-11,14H2,1-2H3. The minimum Gasteiger partial charge on any atom is -0.496 e. The summed E-state index contributed by atoms with van der Waals surface area (Å²) in [6, 6.07) is 8.19. The van der Waals surface area contributed by atoms with Gasteiger partial charge in [0, 0.05) is 44.5 Å². The second-order valence-corrected chi connectivity index (χ2v) is 6.34. The number of halogens is 1. The molecule has 1 saturated heterocycles. The van der Waals surface area contributed by atoms with Crippen molar-refractivity contribution in [1.82, 2.24) is 9.88 Å². The monoisotopic (exact) mass is 373 g/mol. The van der Waals surface area contributed by atoms with Gasteiger partial charge in [-0.05, 0) is 37.3 Å². The third kappa shape index (κ3) is 4.74. The molecule has 2 aromatic rings. The van der Waals surface area contributed by atoms with Crippen molar-refractivity contribution in [2.45, 2.75) is 13.5 Å². The van der Waals surface area contributed by atoms with E-state index in [1.807, 2.05) is 6.07 Å². The number of benzene rings is 1. The van der Waals surface area contributed by atoms with Gasteiger partial charge in [0.15, 0.2) is 0 Å². The zero-order valence-corrected chi connectivity index (χ0v) is 15.7. The highest BCUT2D eigenvalue weighted by Gasteiger charge is 2.20. The van der Waals surface area contributed by atoms with Crippen LogP contribution in [0.15, 0.2) is 36.5 Å². The van der Waals surface area contributed by atoms with E-state index in [0.29, 0.717) is 24.5 Å². The van der Waals surface area contributed by atoms with E-state index < -0.39 is 0 Å². The minimum atomic E-state index is -0.356. The maximum Gasteiger partial charge on any atom is 0.339 e. The number of piperazine rings is 1. The molecule has 1 aromatic heterocycles. The molecule has 0 aliphatic carbocycles. The Bertz CT molecular complexity index is 775. The van der Waals surface area contributed by atoms with Gasteiger partial charge < -0.3 is 14.4 Å². The maximum atomic E-state index is 13.5. The Morgan fingerprint density at radius 2 is 1.96 bits per heavy atom. The van der Waals surface area contributed by atoms with Gasteiger partial charge in [0.1, 0.15) is 17.4 Å². The Hall–Kier alpha value is -2.67. The summed E-state index contributed by atoms with van der Waals surface area (Å²) in [5.41, 5.74) is 1.31. The zero-order valence-electron chi connectivity index (χ0n) is 15.7. The van der Waals surface area contributed by atoms with Gasteiger partial charge in [-0.2, -0.15) is 0 Å². The SMILES string of the molecule is CCOC(=O)c1ccc(N2CCN(Cc3cc(F)ccc3OC)CC2)nc1. The van der Waals surface area contributed by atoms with Crippen LogP contribution >= 0.6 is 0 Å². The first-order chi connectivity index (χ1) is 13.1. The predicted molar refractivity (Wildman–Crippen MR) is 101 cm³/mol. The van der Waals surface area contributed by atoms with Crippen molar-refractivity contribution in [3.8, 4) is 5.75 Å². The molecule has 0 amide bonds. The molecule has 1 aromatic carbocycles. The second kappa shape index (κ2) is 8.81. The fourth-order valence-corrected chi connectivity index (χ4v) is 3.15. The number of anilines is 1. The molecule has 1 aliphatic heterocycles. The molecule has 3 rings (SSSR count). The Morgan fingerprint density at radius 1 is 1.19 bits per heavy atom. The Balaban J connectivity index is 1.57. The number of nitrogens with zero attached hydrogens (tertiary/aromatic N) is 3. The van der Waals surface area contributed by atoms with Crippen LogP contribution in [-0.4, -0.2) is 55.7 Å². The largest absolute Gasteiger partial charge is 0.496 e. The van der Waals surface area contributed by atoms with Crippen molar-refractivity contribution in [2.75, 3.05) is 44.8 Å². The summed E-state index contributed by atoms with van der Waals surface area (Å²) >= 11 is 0. The van der Waals surface area contributed by atoms with Crippen molar-refractivity contribution in [3.63, 3.8) is 0 Å². The number of hydrogen-bond donors (Lipinski definition) is 0. The van der Waals surface area contributed by atoms with E-state index >= 15 is 0 Å². The lowest BCUT2D eigenvalue weighted by Crippen LogP contribution is -2.46. The van der Waals surface area contributed by atoms with Crippen LogP contribution in [-0.2, 0) is 11.3 Å². The van der Waals surface area contributed by atoms with Gasteiger partial charge in [0.05, 0.1) is 19.3 Å². The number of carbonyl (C=O) groups excluding carboxylic acids is 1. The molecule has 144 valence electrons. The van der Waals surface area contributed by atoms with Gasteiger partial charge in [-0.25, -0.2) is 14.2 Å². The van der Waals surface area contributed by atoms with Gasteiger partial charge in [-0.15, -0.1) is 0 Å². The highest BCUT2D eigenvalue weighted by atomic mass is 19.1.